The molecule has 1 N–H and O–H groups in total. The van der Waals surface area contributed by atoms with Crippen molar-refractivity contribution < 1.29 is 0 Å². The summed E-state index contributed by atoms with van der Waals surface area (Å²) in [6, 6.07) is 9.79. The van der Waals surface area contributed by atoms with Gasteiger partial charge in [0.2, 0.25) is 0 Å². The van der Waals surface area contributed by atoms with Crippen LogP contribution in [0, 0.1) is 6.92 Å². The number of nitrogens with zero attached hydrogens (tertiary/aromatic N) is 5. The maximum absolute atomic E-state index is 6.15. The van der Waals surface area contributed by atoms with Crippen LogP contribution in [0.25, 0.3) is 0 Å². The number of hydrogen-bond acceptors (Lipinski definition) is 4. The zero-order valence-electron chi connectivity index (χ0n) is 16.0. The lowest BCUT2D eigenvalue weighted by Gasteiger charge is -2.22. The third-order valence-electron chi connectivity index (χ3n) is 4.32. The largest absolute Gasteiger partial charge is 0.351 e. The minimum atomic E-state index is 0.440. The highest BCUT2D eigenvalue weighted by atomic mass is 35.5. The number of rotatable bonds is 6. The fourth-order valence-electron chi connectivity index (χ4n) is 2.61. The van der Waals surface area contributed by atoms with Gasteiger partial charge in [-0.25, -0.2) is 4.99 Å². The van der Waals surface area contributed by atoms with Crippen molar-refractivity contribution >= 4 is 40.5 Å². The van der Waals surface area contributed by atoms with Crippen LogP contribution in [0.3, 0.4) is 0 Å². The maximum atomic E-state index is 6.15. The molecule has 0 aliphatic rings. The third kappa shape index (κ3) is 5.25. The van der Waals surface area contributed by atoms with Gasteiger partial charge in [-0.15, -0.1) is 21.5 Å². The van der Waals surface area contributed by atoms with Crippen LogP contribution in [0.1, 0.15) is 22.1 Å². The molecule has 0 radical (unpaired) electrons. The Labute approximate surface area is 178 Å². The smallest absolute Gasteiger partial charge is 0.194 e. The quantitative estimate of drug-likeness (QED) is 0.462. The molecule has 0 atom stereocenters. The number of hydrogen-bond donors (Lipinski definition) is 1. The molecule has 0 saturated carbocycles. The van der Waals surface area contributed by atoms with E-state index in [9.17, 15) is 0 Å². The van der Waals surface area contributed by atoms with Gasteiger partial charge in [0.25, 0.3) is 0 Å². The minimum Gasteiger partial charge on any atom is -0.351 e. The first kappa shape index (κ1) is 20.6. The Morgan fingerprint density at radius 1 is 1.25 bits per heavy atom. The van der Waals surface area contributed by atoms with E-state index in [1.54, 1.807) is 11.3 Å². The minimum absolute atomic E-state index is 0.440. The van der Waals surface area contributed by atoms with E-state index < -0.39 is 0 Å². The molecule has 1 aromatic carbocycles. The molecule has 148 valence electrons. The molecule has 0 unspecified atom stereocenters. The van der Waals surface area contributed by atoms with Gasteiger partial charge in [0.15, 0.2) is 11.8 Å². The number of thiophene rings is 1. The van der Waals surface area contributed by atoms with Crippen molar-refractivity contribution in [3.63, 3.8) is 0 Å². The Morgan fingerprint density at radius 2 is 2.07 bits per heavy atom. The van der Waals surface area contributed by atoms with E-state index in [1.807, 2.05) is 49.9 Å². The number of guanidine groups is 1. The molecule has 0 spiro atoms. The van der Waals surface area contributed by atoms with Crippen LogP contribution < -0.4 is 5.32 Å². The highest BCUT2D eigenvalue weighted by Gasteiger charge is 2.11. The van der Waals surface area contributed by atoms with Crippen molar-refractivity contribution in [2.24, 2.45) is 12.0 Å². The Bertz CT molecular complexity index is 951. The van der Waals surface area contributed by atoms with Gasteiger partial charge in [-0.2, -0.15) is 0 Å². The van der Waals surface area contributed by atoms with Crippen molar-refractivity contribution in [3.05, 3.63) is 67.8 Å². The predicted molar refractivity (Wildman–Crippen MR) is 116 cm³/mol. The van der Waals surface area contributed by atoms with E-state index in [1.165, 1.54) is 4.88 Å². The van der Waals surface area contributed by atoms with Crippen LogP contribution in [0.4, 0.5) is 0 Å². The van der Waals surface area contributed by atoms with E-state index >= 15 is 0 Å². The summed E-state index contributed by atoms with van der Waals surface area (Å²) in [7, 11) is 3.93. The number of nitrogens with one attached hydrogen (secondary N) is 1. The lowest BCUT2D eigenvalue weighted by atomic mass is 10.2. The van der Waals surface area contributed by atoms with Crippen LogP contribution in [0.5, 0.6) is 0 Å². The first-order valence-electron chi connectivity index (χ1n) is 8.74. The lowest BCUT2D eigenvalue weighted by Crippen LogP contribution is -2.38. The molecule has 0 bridgehead atoms. The number of aryl methyl sites for hydroxylation is 1. The number of halogens is 2. The second-order valence-electron chi connectivity index (χ2n) is 6.40. The maximum Gasteiger partial charge on any atom is 0.194 e. The van der Waals surface area contributed by atoms with E-state index in [0.717, 1.165) is 23.2 Å². The van der Waals surface area contributed by atoms with Crippen molar-refractivity contribution in [1.29, 1.82) is 0 Å². The molecule has 3 aromatic rings. The summed E-state index contributed by atoms with van der Waals surface area (Å²) in [6.45, 7) is 3.72. The van der Waals surface area contributed by atoms with Crippen molar-refractivity contribution in [1.82, 2.24) is 25.0 Å². The van der Waals surface area contributed by atoms with Gasteiger partial charge in [0.05, 0.1) is 16.6 Å². The highest BCUT2D eigenvalue weighted by molar-refractivity contribution is 7.09. The summed E-state index contributed by atoms with van der Waals surface area (Å²) >= 11 is 13.9. The Balaban J connectivity index is 1.76. The summed E-state index contributed by atoms with van der Waals surface area (Å²) in [6.07, 6.45) is 0. The van der Waals surface area contributed by atoms with E-state index in [2.05, 4.69) is 31.9 Å². The van der Waals surface area contributed by atoms with Gasteiger partial charge < -0.3 is 14.8 Å². The summed E-state index contributed by atoms with van der Waals surface area (Å²) < 4.78 is 1.94. The molecule has 0 fully saturated rings. The SMILES string of the molecule is Cc1nnc(CN=C(NCc2cccs2)N(C)Cc2ccc(Cl)c(Cl)c2)n1C. The molecule has 2 aromatic heterocycles. The average molecular weight is 437 g/mol. The Hall–Kier alpha value is -2.09. The standard InChI is InChI=1S/C19H22Cl2N6S/c1-13-24-25-18(27(13)3)11-23-19(22-10-15-5-4-8-28-15)26(2)12-14-6-7-16(20)17(21)9-14/h4-9H,10-12H2,1-3H3,(H,22,23). The van der Waals surface area contributed by atoms with Crippen LogP contribution in [-0.4, -0.2) is 32.7 Å². The molecule has 0 amide bonds. The second kappa shape index (κ2) is 9.41. The monoisotopic (exact) mass is 436 g/mol. The van der Waals surface area contributed by atoms with Gasteiger partial charge in [-0.05, 0) is 36.1 Å². The van der Waals surface area contributed by atoms with Crippen molar-refractivity contribution in [3.8, 4) is 0 Å². The lowest BCUT2D eigenvalue weighted by molar-refractivity contribution is 0.474. The van der Waals surface area contributed by atoms with Gasteiger partial charge in [-0.3, -0.25) is 0 Å². The Morgan fingerprint density at radius 3 is 2.71 bits per heavy atom. The van der Waals surface area contributed by atoms with E-state index in [0.29, 0.717) is 29.7 Å². The first-order chi connectivity index (χ1) is 13.4. The summed E-state index contributed by atoms with van der Waals surface area (Å²) in [5.74, 6) is 2.46. The molecule has 28 heavy (non-hydrogen) atoms. The molecular weight excluding hydrogens is 415 g/mol. The molecule has 9 heteroatoms. The molecule has 0 aliphatic heterocycles. The molecule has 0 saturated heterocycles. The van der Waals surface area contributed by atoms with Gasteiger partial charge in [0.1, 0.15) is 12.4 Å². The summed E-state index contributed by atoms with van der Waals surface area (Å²) in [5.41, 5.74) is 1.05. The molecular formula is C19H22Cl2N6S. The van der Waals surface area contributed by atoms with E-state index in [-0.39, 0.29) is 0 Å². The second-order valence-corrected chi connectivity index (χ2v) is 8.25. The fourth-order valence-corrected chi connectivity index (χ4v) is 3.58. The predicted octanol–water partition coefficient (Wildman–Crippen LogP) is 4.27. The normalized spacial score (nSPS) is 11.7. The van der Waals surface area contributed by atoms with Crippen LogP contribution in [0.15, 0.2) is 40.7 Å². The molecule has 6 nitrogen and oxygen atoms in total. The molecule has 0 aliphatic carbocycles. The number of aromatic nitrogens is 3. The summed E-state index contributed by atoms with van der Waals surface area (Å²) in [4.78, 5) is 8.05. The fraction of sp³-hybridized carbons (Fsp3) is 0.316. The zero-order valence-corrected chi connectivity index (χ0v) is 18.3. The van der Waals surface area contributed by atoms with Gasteiger partial charge in [-0.1, -0.05) is 35.3 Å². The molecule has 2 heterocycles. The third-order valence-corrected chi connectivity index (χ3v) is 5.93. The first-order valence-corrected chi connectivity index (χ1v) is 10.4. The van der Waals surface area contributed by atoms with Crippen molar-refractivity contribution in [2.45, 2.75) is 26.6 Å². The van der Waals surface area contributed by atoms with Crippen LogP contribution in [0.2, 0.25) is 10.0 Å². The molecule has 3 rings (SSSR count). The zero-order chi connectivity index (χ0) is 20.1. The van der Waals surface area contributed by atoms with E-state index in [4.69, 9.17) is 28.2 Å². The Kier molecular flexibility index (Phi) is 6.93. The average Bonchev–Trinajstić information content (AvgIpc) is 3.29. The number of benzene rings is 1. The van der Waals surface area contributed by atoms with Gasteiger partial charge in [0, 0.05) is 25.5 Å². The highest BCUT2D eigenvalue weighted by Crippen LogP contribution is 2.23. The van der Waals surface area contributed by atoms with Crippen LogP contribution >= 0.6 is 34.5 Å². The van der Waals surface area contributed by atoms with Crippen LogP contribution in [-0.2, 0) is 26.7 Å². The topological polar surface area (TPSA) is 58.3 Å². The number of aliphatic imine (C=N–C) groups is 1. The van der Waals surface area contributed by atoms with Gasteiger partial charge >= 0.3 is 0 Å². The van der Waals surface area contributed by atoms with Crippen molar-refractivity contribution in [2.75, 3.05) is 7.05 Å². The summed E-state index contributed by atoms with van der Waals surface area (Å²) in [5, 5.41) is 14.9.